The first-order valence-corrected chi connectivity index (χ1v) is 29.6. The van der Waals surface area contributed by atoms with E-state index in [0.717, 1.165) is 66.8 Å². The summed E-state index contributed by atoms with van der Waals surface area (Å²) in [7, 11) is 0. The Balaban J connectivity index is 0.000000140. The van der Waals surface area contributed by atoms with Gasteiger partial charge in [0, 0.05) is 55.7 Å². The molecule has 18 rings (SSSR count). The topological polar surface area (TPSA) is 87.2 Å². The lowest BCUT2D eigenvalue weighted by Crippen LogP contribution is -2.04. The van der Waals surface area contributed by atoms with Crippen molar-refractivity contribution < 1.29 is 0 Å². The van der Waals surface area contributed by atoms with Crippen LogP contribution in [0, 0.1) is 0 Å². The van der Waals surface area contributed by atoms with E-state index < -0.39 is 0 Å². The number of hydrogen-bond acceptors (Lipinski definition) is 6. The van der Waals surface area contributed by atoms with Crippen LogP contribution in [-0.4, -0.2) is 39.0 Å². The molecule has 0 aliphatic heterocycles. The van der Waals surface area contributed by atoms with E-state index in [2.05, 4.69) is 264 Å². The summed E-state index contributed by atoms with van der Waals surface area (Å²) in [6.45, 7) is 0. The Hall–Kier alpha value is -12.0. The summed E-state index contributed by atoms with van der Waals surface area (Å²) in [5.74, 6) is 2.41. The van der Waals surface area contributed by atoms with Gasteiger partial charge in [0.05, 0.1) is 33.5 Å². The first-order valence-electron chi connectivity index (χ1n) is 29.6. The van der Waals surface area contributed by atoms with Crippen molar-refractivity contribution in [3.63, 3.8) is 0 Å². The first-order chi connectivity index (χ1) is 43.6. The molecular weight excluding hydrogens is 1070 g/mol. The van der Waals surface area contributed by atoms with Gasteiger partial charge in [-0.15, -0.1) is 0 Å². The van der Waals surface area contributed by atoms with Gasteiger partial charge in [-0.1, -0.05) is 249 Å². The number of fused-ring (bicyclic) bond motifs is 15. The maximum absolute atomic E-state index is 5.18. The lowest BCUT2D eigenvalue weighted by atomic mass is 10.00. The van der Waals surface area contributed by atoms with Crippen LogP contribution in [0.5, 0.6) is 0 Å². The third-order valence-corrected chi connectivity index (χ3v) is 17.1. The van der Waals surface area contributed by atoms with Gasteiger partial charge in [-0.2, -0.15) is 0 Å². The molecule has 0 saturated carbocycles. The number of benzene rings is 13. The summed E-state index contributed by atoms with van der Waals surface area (Å²) in [5.41, 5.74) is 11.9. The largest absolute Gasteiger partial charge is 0.309 e. The zero-order valence-electron chi connectivity index (χ0n) is 47.4. The third-order valence-electron chi connectivity index (χ3n) is 17.1. The van der Waals surface area contributed by atoms with Crippen LogP contribution >= 0.6 is 0 Å². The minimum Gasteiger partial charge on any atom is -0.309 e. The standard InChI is InChI=1S/C44H27N5.C36H23N3/c1-2-13-31(14-3-1)42-46-43(33-19-18-28-10-4-5-15-32(28)26-33)48-44(47-42)37-27-34(24-25-45-37)49-38-22-20-29-11-6-8-16-35(29)40(38)41-36-17-9-7-12-30(36)21-23-39(41)49;1-3-13-26(14-4-1)30-23-31(27-15-5-2-6-16-27)38-36(37-30)39-32-21-19-24-11-7-9-17-28(24)34(32)35-29-18-10-8-12-25(29)20-22-33(35)39/h1-27H;1-23H. The fourth-order valence-electron chi connectivity index (χ4n) is 13.0. The quantitative estimate of drug-likeness (QED) is 0.158. The van der Waals surface area contributed by atoms with Crippen molar-refractivity contribution in [2.45, 2.75) is 0 Å². The van der Waals surface area contributed by atoms with Gasteiger partial charge < -0.3 is 4.57 Å². The number of pyridine rings is 1. The van der Waals surface area contributed by atoms with Crippen molar-refractivity contribution >= 4 is 97.5 Å². The van der Waals surface area contributed by atoms with E-state index in [-0.39, 0.29) is 0 Å². The molecule has 0 atom stereocenters. The molecule has 18 aromatic rings. The highest BCUT2D eigenvalue weighted by molar-refractivity contribution is 6.30. The number of nitrogens with zero attached hydrogens (tertiary/aromatic N) is 8. The number of rotatable bonds is 7. The zero-order chi connectivity index (χ0) is 58.1. The third kappa shape index (κ3) is 8.61. The van der Waals surface area contributed by atoms with Gasteiger partial charge in [0.1, 0.15) is 5.69 Å². The lowest BCUT2D eigenvalue weighted by Gasteiger charge is -2.12. The van der Waals surface area contributed by atoms with E-state index >= 15 is 0 Å². The Labute approximate surface area is 505 Å². The molecule has 0 radical (unpaired) electrons. The minimum absolute atomic E-state index is 0.524. The Bertz CT molecular complexity index is 5510. The van der Waals surface area contributed by atoms with Crippen molar-refractivity contribution in [2.24, 2.45) is 0 Å². The molecule has 410 valence electrons. The zero-order valence-corrected chi connectivity index (χ0v) is 47.4. The van der Waals surface area contributed by atoms with E-state index in [1.807, 2.05) is 48.7 Å². The van der Waals surface area contributed by atoms with Crippen LogP contribution in [0.2, 0.25) is 0 Å². The summed E-state index contributed by atoms with van der Waals surface area (Å²) in [4.78, 5) is 30.2. The molecule has 0 N–H and O–H groups in total. The molecule has 0 aliphatic rings. The summed E-state index contributed by atoms with van der Waals surface area (Å²) in [6.07, 6.45) is 1.85. The average Bonchev–Trinajstić information content (AvgIpc) is 2.30. The van der Waals surface area contributed by atoms with Crippen molar-refractivity contribution in [1.82, 2.24) is 39.0 Å². The van der Waals surface area contributed by atoms with Crippen LogP contribution in [0.4, 0.5) is 0 Å². The lowest BCUT2D eigenvalue weighted by molar-refractivity contribution is 0.996. The van der Waals surface area contributed by atoms with Gasteiger partial charge in [-0.25, -0.2) is 24.9 Å². The molecule has 0 bridgehead atoms. The second kappa shape index (κ2) is 21.0. The van der Waals surface area contributed by atoms with Crippen molar-refractivity contribution in [1.29, 1.82) is 0 Å². The summed E-state index contributed by atoms with van der Waals surface area (Å²) in [5, 5.41) is 17.1. The normalized spacial score (nSPS) is 11.6. The number of aromatic nitrogens is 8. The molecule has 88 heavy (non-hydrogen) atoms. The van der Waals surface area contributed by atoms with E-state index in [1.165, 1.54) is 70.0 Å². The monoisotopic (exact) mass is 1120 g/mol. The second-order valence-corrected chi connectivity index (χ2v) is 22.2. The molecule has 8 nitrogen and oxygen atoms in total. The van der Waals surface area contributed by atoms with Crippen molar-refractivity contribution in [2.75, 3.05) is 0 Å². The van der Waals surface area contributed by atoms with Crippen LogP contribution in [0.15, 0.2) is 303 Å². The van der Waals surface area contributed by atoms with Crippen LogP contribution in [0.25, 0.3) is 166 Å². The fraction of sp³-hybridized carbons (Fsp3) is 0. The van der Waals surface area contributed by atoms with E-state index in [1.54, 1.807) is 0 Å². The van der Waals surface area contributed by atoms with Crippen LogP contribution in [0.3, 0.4) is 0 Å². The molecule has 5 heterocycles. The Morgan fingerprint density at radius 3 is 1.08 bits per heavy atom. The second-order valence-electron chi connectivity index (χ2n) is 22.2. The van der Waals surface area contributed by atoms with Crippen LogP contribution in [-0.2, 0) is 0 Å². The van der Waals surface area contributed by atoms with Crippen molar-refractivity contribution in [3.8, 4) is 68.4 Å². The minimum atomic E-state index is 0.524. The van der Waals surface area contributed by atoms with Gasteiger partial charge in [0.2, 0.25) is 5.95 Å². The smallest absolute Gasteiger partial charge is 0.235 e. The van der Waals surface area contributed by atoms with Gasteiger partial charge in [0.25, 0.3) is 0 Å². The summed E-state index contributed by atoms with van der Waals surface area (Å²) in [6, 6.07) is 104. The summed E-state index contributed by atoms with van der Waals surface area (Å²) >= 11 is 0. The molecule has 5 aromatic heterocycles. The highest BCUT2D eigenvalue weighted by atomic mass is 15.2. The van der Waals surface area contributed by atoms with Gasteiger partial charge in [-0.3, -0.25) is 9.55 Å². The van der Waals surface area contributed by atoms with E-state index in [0.29, 0.717) is 29.1 Å². The molecular formula is C80H50N8. The average molecular weight is 1120 g/mol. The molecule has 0 unspecified atom stereocenters. The molecule has 0 spiro atoms. The summed E-state index contributed by atoms with van der Waals surface area (Å²) < 4.78 is 4.58. The molecule has 0 saturated heterocycles. The maximum Gasteiger partial charge on any atom is 0.235 e. The fourth-order valence-corrected chi connectivity index (χ4v) is 13.0. The Morgan fingerprint density at radius 1 is 0.227 bits per heavy atom. The SMILES string of the molecule is c1ccc(-c2cc(-c3ccccc3)nc(-n3c4ccc5ccccc5c4c4c5ccccc5ccc43)n2)cc1.c1ccc(-c2nc(-c3ccc4ccccc4c3)nc(-c3cc(-n4c5ccc6ccccc6c5c5c6ccccc6ccc54)ccn3)n2)cc1. The maximum atomic E-state index is 5.18. The predicted molar refractivity (Wildman–Crippen MR) is 363 cm³/mol. The molecule has 0 amide bonds. The van der Waals surface area contributed by atoms with E-state index in [4.69, 9.17) is 29.9 Å². The highest BCUT2D eigenvalue weighted by Crippen LogP contribution is 2.43. The first kappa shape index (κ1) is 50.5. The molecule has 8 heteroatoms. The molecule has 0 aliphatic carbocycles. The Morgan fingerprint density at radius 2 is 0.602 bits per heavy atom. The van der Waals surface area contributed by atoms with Gasteiger partial charge in [0.15, 0.2) is 17.5 Å². The van der Waals surface area contributed by atoms with Gasteiger partial charge >= 0.3 is 0 Å². The van der Waals surface area contributed by atoms with Crippen molar-refractivity contribution in [3.05, 3.63) is 303 Å². The van der Waals surface area contributed by atoms with Crippen LogP contribution in [0.1, 0.15) is 0 Å². The van der Waals surface area contributed by atoms with Crippen LogP contribution < -0.4 is 0 Å². The number of hydrogen-bond donors (Lipinski definition) is 0. The van der Waals surface area contributed by atoms with E-state index in [9.17, 15) is 0 Å². The Kier molecular flexibility index (Phi) is 12.0. The predicted octanol–water partition coefficient (Wildman–Crippen LogP) is 20.0. The molecule has 13 aromatic carbocycles. The van der Waals surface area contributed by atoms with Gasteiger partial charge in [-0.05, 0) is 102 Å². The highest BCUT2D eigenvalue weighted by Gasteiger charge is 2.22. The molecule has 0 fully saturated rings.